The summed E-state index contributed by atoms with van der Waals surface area (Å²) in [6.45, 7) is 6.14. The third-order valence-corrected chi connectivity index (χ3v) is 5.70. The average Bonchev–Trinajstić information content (AvgIpc) is 3.28. The number of carbonyl (C=O) groups excluding carboxylic acids is 1. The number of likely N-dealkylation sites (tertiary alicyclic amines) is 1. The van der Waals surface area contributed by atoms with Crippen LogP contribution in [0.4, 0.5) is 13.2 Å². The van der Waals surface area contributed by atoms with Gasteiger partial charge in [-0.1, -0.05) is 6.92 Å². The third-order valence-electron chi connectivity index (χ3n) is 5.70. The summed E-state index contributed by atoms with van der Waals surface area (Å²) in [5.74, 6) is -0.119. The van der Waals surface area contributed by atoms with E-state index in [1.807, 2.05) is 19.9 Å². The van der Waals surface area contributed by atoms with Crippen LogP contribution in [0.15, 0.2) is 18.2 Å². The van der Waals surface area contributed by atoms with Crippen LogP contribution < -0.4 is 0 Å². The number of nitrogens with zero attached hydrogens (tertiary/aromatic N) is 6. The summed E-state index contributed by atoms with van der Waals surface area (Å²) in [6.07, 6.45) is -1.79. The highest BCUT2D eigenvalue weighted by atomic mass is 19.4. The molecule has 1 atom stereocenters. The summed E-state index contributed by atoms with van der Waals surface area (Å²) in [4.78, 5) is 19.1. The van der Waals surface area contributed by atoms with Gasteiger partial charge >= 0.3 is 6.18 Å². The van der Waals surface area contributed by atoms with Crippen molar-refractivity contribution < 1.29 is 18.0 Å². The van der Waals surface area contributed by atoms with E-state index in [9.17, 15) is 18.0 Å². The maximum Gasteiger partial charge on any atom is 0.433 e. The summed E-state index contributed by atoms with van der Waals surface area (Å²) in [5, 5.41) is 8.61. The lowest BCUT2D eigenvalue weighted by molar-refractivity contribution is -0.143. The van der Waals surface area contributed by atoms with Crippen LogP contribution in [0, 0.1) is 13.8 Å². The van der Waals surface area contributed by atoms with E-state index in [4.69, 9.17) is 0 Å². The number of alkyl halides is 3. The van der Waals surface area contributed by atoms with E-state index in [1.165, 1.54) is 0 Å². The Balaban J connectivity index is 1.69. The second kappa shape index (κ2) is 7.97. The Labute approximate surface area is 177 Å². The Kier molecular flexibility index (Phi) is 5.49. The first-order valence-electron chi connectivity index (χ1n) is 10.4. The fourth-order valence-corrected chi connectivity index (χ4v) is 4.18. The smallest absolute Gasteiger partial charge is 0.332 e. The van der Waals surface area contributed by atoms with Crippen molar-refractivity contribution >= 4 is 11.6 Å². The first kappa shape index (κ1) is 21.3. The van der Waals surface area contributed by atoms with E-state index in [-0.39, 0.29) is 24.1 Å². The van der Waals surface area contributed by atoms with E-state index < -0.39 is 11.9 Å². The summed E-state index contributed by atoms with van der Waals surface area (Å²) < 4.78 is 43.3. The van der Waals surface area contributed by atoms with Gasteiger partial charge in [-0.15, -0.1) is 0 Å². The average molecular weight is 434 g/mol. The largest absolute Gasteiger partial charge is 0.433 e. The van der Waals surface area contributed by atoms with Crippen LogP contribution >= 0.6 is 0 Å². The number of hydrogen-bond donors (Lipinski definition) is 0. The molecule has 1 aliphatic rings. The quantitative estimate of drug-likeness (QED) is 0.625. The second-order valence-electron chi connectivity index (χ2n) is 8.01. The summed E-state index contributed by atoms with van der Waals surface area (Å²) >= 11 is 0. The molecule has 0 N–H and O–H groups in total. The molecular formula is C21H25F3N6O. The lowest BCUT2D eigenvalue weighted by Gasteiger charge is -2.34. The van der Waals surface area contributed by atoms with Crippen LogP contribution in [0.1, 0.15) is 60.7 Å². The molecule has 0 radical (unpaired) electrons. The van der Waals surface area contributed by atoms with E-state index >= 15 is 0 Å². The molecule has 0 bridgehead atoms. The number of piperidine rings is 1. The molecule has 1 aliphatic heterocycles. The van der Waals surface area contributed by atoms with Gasteiger partial charge in [0.1, 0.15) is 12.2 Å². The van der Waals surface area contributed by atoms with Crippen molar-refractivity contribution in [1.29, 1.82) is 0 Å². The van der Waals surface area contributed by atoms with Gasteiger partial charge in [0.25, 0.3) is 0 Å². The molecule has 3 aromatic rings. The first-order chi connectivity index (χ1) is 14.7. The zero-order valence-electron chi connectivity index (χ0n) is 17.8. The molecule has 1 unspecified atom stereocenters. The van der Waals surface area contributed by atoms with Crippen LogP contribution in [0.2, 0.25) is 0 Å². The number of carbonyl (C=O) groups is 1. The Morgan fingerprint density at radius 1 is 1.16 bits per heavy atom. The number of halogens is 3. The van der Waals surface area contributed by atoms with Crippen molar-refractivity contribution in [2.45, 2.75) is 65.2 Å². The van der Waals surface area contributed by atoms with Gasteiger partial charge in [-0.25, -0.2) is 9.50 Å². The molecule has 0 aromatic carbocycles. The number of aryl methyl sites for hydroxylation is 3. The molecule has 10 heteroatoms. The molecule has 4 heterocycles. The van der Waals surface area contributed by atoms with Crippen LogP contribution in [-0.2, 0) is 23.9 Å². The van der Waals surface area contributed by atoms with Crippen LogP contribution in [0.5, 0.6) is 0 Å². The monoisotopic (exact) mass is 434 g/mol. The minimum Gasteiger partial charge on any atom is -0.332 e. The van der Waals surface area contributed by atoms with E-state index in [1.54, 1.807) is 22.6 Å². The highest BCUT2D eigenvalue weighted by Crippen LogP contribution is 2.34. The molecule has 166 valence electrons. The topological polar surface area (TPSA) is 68.3 Å². The Hall–Kier alpha value is -2.91. The molecule has 0 spiro atoms. The maximum absolute atomic E-state index is 13.6. The first-order valence-corrected chi connectivity index (χ1v) is 10.4. The molecular weight excluding hydrogens is 409 g/mol. The van der Waals surface area contributed by atoms with Gasteiger partial charge in [-0.05, 0) is 51.7 Å². The highest BCUT2D eigenvalue weighted by Gasteiger charge is 2.36. The van der Waals surface area contributed by atoms with E-state index in [0.717, 1.165) is 34.8 Å². The summed E-state index contributed by atoms with van der Waals surface area (Å²) in [5.41, 5.74) is 1.81. The van der Waals surface area contributed by atoms with E-state index in [0.29, 0.717) is 30.8 Å². The minimum atomic E-state index is -4.55. The van der Waals surface area contributed by atoms with Gasteiger partial charge in [0, 0.05) is 24.0 Å². The summed E-state index contributed by atoms with van der Waals surface area (Å²) in [7, 11) is 0. The second-order valence-corrected chi connectivity index (χ2v) is 8.01. The standard InChI is InChI=1S/C21H25F3N6O/c1-4-15-10-18(21(22,23)24)30-19(25-15)11-16(27-30)17-7-5-6-8-28(17)20(31)12-29-14(3)9-13(2)26-29/h9-11,17H,4-8,12H2,1-3H3. The fourth-order valence-electron chi connectivity index (χ4n) is 4.18. The van der Waals surface area contributed by atoms with Crippen molar-refractivity contribution in [3.63, 3.8) is 0 Å². The Bertz CT molecular complexity index is 1120. The van der Waals surface area contributed by atoms with Crippen molar-refractivity contribution in [2.24, 2.45) is 0 Å². The van der Waals surface area contributed by atoms with Crippen LogP contribution in [0.25, 0.3) is 5.65 Å². The normalized spacial score (nSPS) is 17.5. The third kappa shape index (κ3) is 4.15. The number of hydrogen-bond acceptors (Lipinski definition) is 4. The molecule has 1 fully saturated rings. The molecule has 1 amide bonds. The van der Waals surface area contributed by atoms with Crippen LogP contribution in [-0.4, -0.2) is 41.7 Å². The van der Waals surface area contributed by atoms with Crippen molar-refractivity contribution in [1.82, 2.24) is 29.3 Å². The summed E-state index contributed by atoms with van der Waals surface area (Å²) in [6, 6.07) is 4.13. The number of fused-ring (bicyclic) bond motifs is 1. The zero-order valence-corrected chi connectivity index (χ0v) is 17.8. The molecule has 0 saturated carbocycles. The predicted molar refractivity (Wildman–Crippen MR) is 107 cm³/mol. The van der Waals surface area contributed by atoms with Crippen molar-refractivity contribution in [2.75, 3.05) is 6.54 Å². The minimum absolute atomic E-state index is 0.0928. The van der Waals surface area contributed by atoms with Gasteiger partial charge in [-0.3, -0.25) is 9.48 Å². The maximum atomic E-state index is 13.6. The zero-order chi connectivity index (χ0) is 22.3. The van der Waals surface area contributed by atoms with Gasteiger partial charge < -0.3 is 4.90 Å². The molecule has 1 saturated heterocycles. The predicted octanol–water partition coefficient (Wildman–Crippen LogP) is 3.88. The van der Waals surface area contributed by atoms with Gasteiger partial charge in [0.15, 0.2) is 5.65 Å². The Morgan fingerprint density at radius 2 is 1.94 bits per heavy atom. The molecule has 0 aliphatic carbocycles. The van der Waals surface area contributed by atoms with Crippen molar-refractivity contribution in [3.8, 4) is 0 Å². The number of rotatable bonds is 4. The Morgan fingerprint density at radius 3 is 2.58 bits per heavy atom. The van der Waals surface area contributed by atoms with Crippen molar-refractivity contribution in [3.05, 3.63) is 46.7 Å². The lowest BCUT2D eigenvalue weighted by atomic mass is 9.99. The highest BCUT2D eigenvalue weighted by molar-refractivity contribution is 5.76. The molecule has 31 heavy (non-hydrogen) atoms. The molecule has 7 nitrogen and oxygen atoms in total. The van der Waals surface area contributed by atoms with Gasteiger partial charge in [0.2, 0.25) is 5.91 Å². The molecule has 3 aromatic heterocycles. The fraction of sp³-hybridized carbons (Fsp3) is 0.524. The SMILES string of the molecule is CCc1cc(C(F)(F)F)n2nc(C3CCCCN3C(=O)Cn3nc(C)cc3C)cc2n1. The van der Waals surface area contributed by atoms with E-state index in [2.05, 4.69) is 15.2 Å². The van der Waals surface area contributed by atoms with Crippen LogP contribution in [0.3, 0.4) is 0 Å². The number of amides is 1. The van der Waals surface area contributed by atoms with Gasteiger partial charge in [0.05, 0.1) is 17.4 Å². The lowest BCUT2D eigenvalue weighted by Crippen LogP contribution is -2.40. The van der Waals surface area contributed by atoms with Gasteiger partial charge in [-0.2, -0.15) is 23.4 Å². The number of aromatic nitrogens is 5. The molecule has 4 rings (SSSR count).